The Bertz CT molecular complexity index is 2660. The first-order chi connectivity index (χ1) is 20.6. The van der Waals surface area contributed by atoms with Gasteiger partial charge in [0, 0.05) is 43.7 Å². The van der Waals surface area contributed by atoms with Gasteiger partial charge in [0.1, 0.15) is 5.52 Å². The van der Waals surface area contributed by atoms with Gasteiger partial charge >= 0.3 is 0 Å². The van der Waals surface area contributed by atoms with Gasteiger partial charge < -0.3 is 4.57 Å². The van der Waals surface area contributed by atoms with E-state index in [1.165, 1.54) is 94.1 Å². The van der Waals surface area contributed by atoms with Crippen molar-refractivity contribution < 1.29 is 4.57 Å². The molecule has 3 heteroatoms. The van der Waals surface area contributed by atoms with Gasteiger partial charge in [-0.25, -0.2) is 4.57 Å². The van der Waals surface area contributed by atoms with Crippen molar-refractivity contribution in [1.29, 1.82) is 0 Å². The van der Waals surface area contributed by atoms with Crippen molar-refractivity contribution in [2.24, 2.45) is 0 Å². The van der Waals surface area contributed by atoms with Gasteiger partial charge in [-0.3, -0.25) is 0 Å². The van der Waals surface area contributed by atoms with Crippen molar-refractivity contribution in [3.63, 3.8) is 0 Å². The molecule has 4 aliphatic rings. The Balaban J connectivity index is 1.50. The van der Waals surface area contributed by atoms with Crippen LogP contribution in [-0.2, 0) is 11.0 Å². The molecule has 8 aromatic rings. The molecule has 0 saturated heterocycles. The summed E-state index contributed by atoms with van der Waals surface area (Å²) in [6, 6.07) is 39.3. The van der Waals surface area contributed by atoms with E-state index in [0.29, 0.717) is 0 Å². The topological polar surface area (TPSA) is 13.7 Å². The Labute approximate surface area is 241 Å². The highest BCUT2D eigenvalue weighted by Crippen LogP contribution is 2.62. The molecule has 194 valence electrons. The molecule has 0 radical (unpaired) electrons. The molecule has 1 atom stereocenters. The lowest BCUT2D eigenvalue weighted by Crippen LogP contribution is -2.63. The normalized spacial score (nSPS) is 19.0. The Morgan fingerprint density at radius 3 is 2.19 bits per heavy atom. The molecule has 5 aromatic carbocycles. The van der Waals surface area contributed by atoms with Crippen LogP contribution in [0.1, 0.15) is 41.7 Å². The third-order valence-electron chi connectivity index (χ3n) is 11.2. The first-order valence-electron chi connectivity index (χ1n) is 15.0. The van der Waals surface area contributed by atoms with E-state index in [2.05, 4.69) is 137 Å². The maximum Gasteiger partial charge on any atom is 0.292 e. The van der Waals surface area contributed by atoms with Crippen LogP contribution in [0, 0.1) is 0 Å². The lowest BCUT2D eigenvalue weighted by molar-refractivity contribution is -0.729. The molecule has 6 heterocycles. The lowest BCUT2D eigenvalue weighted by atomic mass is 9.72. The summed E-state index contributed by atoms with van der Waals surface area (Å²) in [6.45, 7) is 4.82. The van der Waals surface area contributed by atoms with Crippen LogP contribution in [0.4, 0.5) is 0 Å². The molecule has 1 aliphatic carbocycles. The fraction of sp³-hybridized carbons (Fsp3) is 0.103. The highest BCUT2D eigenvalue weighted by atomic mass is 15.2. The quantitative estimate of drug-likeness (QED) is 0.174. The summed E-state index contributed by atoms with van der Waals surface area (Å²) in [7, 11) is 0. The summed E-state index contributed by atoms with van der Waals surface area (Å²) in [4.78, 5) is 0. The predicted octanol–water partition coefficient (Wildman–Crippen LogP) is 8.26. The first-order valence-corrected chi connectivity index (χ1v) is 15.0. The zero-order chi connectivity index (χ0) is 27.3. The summed E-state index contributed by atoms with van der Waals surface area (Å²) in [5.41, 5.74) is 15.8. The van der Waals surface area contributed by atoms with E-state index in [4.69, 9.17) is 0 Å². The summed E-state index contributed by atoms with van der Waals surface area (Å²) in [5.74, 6) is 1.31. The number of hydrogen-bond acceptors (Lipinski definition) is 0. The van der Waals surface area contributed by atoms with Gasteiger partial charge in [0.15, 0.2) is 11.1 Å². The smallest absolute Gasteiger partial charge is 0.292 e. The van der Waals surface area contributed by atoms with Gasteiger partial charge in [0.05, 0.1) is 34.0 Å². The van der Waals surface area contributed by atoms with E-state index in [1.54, 1.807) is 0 Å². The molecule has 0 saturated carbocycles. The molecule has 1 unspecified atom stereocenters. The van der Waals surface area contributed by atoms with Crippen molar-refractivity contribution in [3.05, 3.63) is 137 Å². The predicted molar refractivity (Wildman–Crippen MR) is 168 cm³/mol. The second-order valence-electron chi connectivity index (χ2n) is 13.1. The Hall–Kier alpha value is -5.15. The largest absolute Gasteiger partial charge is 0.308 e. The van der Waals surface area contributed by atoms with E-state index in [9.17, 15) is 0 Å². The van der Waals surface area contributed by atoms with Crippen LogP contribution in [0.25, 0.3) is 66.2 Å². The molecule has 3 aliphatic heterocycles. The number of aromatic nitrogens is 3. The molecule has 0 N–H and O–H groups in total. The molecule has 0 bridgehead atoms. The summed E-state index contributed by atoms with van der Waals surface area (Å²) < 4.78 is 7.87. The molecule has 0 fully saturated rings. The van der Waals surface area contributed by atoms with Crippen molar-refractivity contribution in [2.45, 2.75) is 24.8 Å². The fourth-order valence-electron chi connectivity index (χ4n) is 9.73. The SMILES string of the molecule is CC1(C)c2ccc[n+]3c2-n2c4c1cccc4c1ccc4c(c12)C31c2ccccc2-c2ccc3c5ccccc5n-4c3c21. The molecule has 42 heavy (non-hydrogen) atoms. The van der Waals surface area contributed by atoms with Gasteiger partial charge in [-0.1, -0.05) is 80.6 Å². The van der Waals surface area contributed by atoms with E-state index in [1.807, 2.05) is 0 Å². The molecule has 3 nitrogen and oxygen atoms in total. The molecule has 12 rings (SSSR count). The molecule has 3 aromatic heterocycles. The van der Waals surface area contributed by atoms with E-state index >= 15 is 0 Å². The average Bonchev–Trinajstić information content (AvgIpc) is 3.65. The second kappa shape index (κ2) is 6.05. The minimum atomic E-state index is -0.464. The van der Waals surface area contributed by atoms with E-state index < -0.39 is 5.54 Å². The monoisotopic (exact) mass is 534 g/mol. The average molecular weight is 535 g/mol. The van der Waals surface area contributed by atoms with Crippen molar-refractivity contribution in [3.8, 4) is 22.6 Å². The number of nitrogens with zero attached hydrogens (tertiary/aromatic N) is 3. The Morgan fingerprint density at radius 2 is 1.24 bits per heavy atom. The standard InChI is InChI=1S/C39H24N3/c1-38(2)28-13-7-11-24-26-18-19-31-33-36(26)42(34(24)28)37-29(38)14-8-20-40(37)39(33)27-12-5-3-9-21(27)23-16-17-25-22-10-4-6-15-30(22)41(31)35(25)32(23)39/h3-20H,1-2H3/q+1. The van der Waals surface area contributed by atoms with Crippen LogP contribution in [-0.4, -0.2) is 9.13 Å². The van der Waals surface area contributed by atoms with Crippen LogP contribution in [0.5, 0.6) is 0 Å². The number of hydrogen-bond donors (Lipinski definition) is 0. The van der Waals surface area contributed by atoms with Crippen molar-refractivity contribution in [2.75, 3.05) is 0 Å². The number of benzene rings is 5. The molecule has 1 spiro atoms. The van der Waals surface area contributed by atoms with Gasteiger partial charge in [-0.05, 0) is 47.5 Å². The van der Waals surface area contributed by atoms with Gasteiger partial charge in [-0.2, -0.15) is 4.57 Å². The molecular weight excluding hydrogens is 510 g/mol. The third kappa shape index (κ3) is 1.75. The molecule has 0 amide bonds. The maximum atomic E-state index is 2.66. The number of para-hydroxylation sites is 2. The zero-order valence-corrected chi connectivity index (χ0v) is 23.2. The minimum absolute atomic E-state index is 0.129. The Morgan fingerprint density at radius 1 is 0.524 bits per heavy atom. The van der Waals surface area contributed by atoms with Gasteiger partial charge in [-0.15, -0.1) is 0 Å². The minimum Gasteiger partial charge on any atom is -0.308 e. The highest BCUT2D eigenvalue weighted by Gasteiger charge is 2.61. The van der Waals surface area contributed by atoms with E-state index in [0.717, 1.165) is 0 Å². The maximum absolute atomic E-state index is 2.66. The van der Waals surface area contributed by atoms with Gasteiger partial charge in [0.2, 0.25) is 0 Å². The second-order valence-corrected chi connectivity index (χ2v) is 13.1. The highest BCUT2D eigenvalue weighted by molar-refractivity contribution is 6.18. The van der Waals surface area contributed by atoms with Crippen LogP contribution in [0.15, 0.2) is 109 Å². The molecular formula is C39H24N3+. The van der Waals surface area contributed by atoms with Crippen molar-refractivity contribution in [1.82, 2.24) is 9.13 Å². The fourth-order valence-corrected chi connectivity index (χ4v) is 9.73. The number of rotatable bonds is 0. The summed E-state index contributed by atoms with van der Waals surface area (Å²) >= 11 is 0. The summed E-state index contributed by atoms with van der Waals surface area (Å²) in [6.07, 6.45) is 2.36. The lowest BCUT2D eigenvalue weighted by Gasteiger charge is -2.42. The third-order valence-corrected chi connectivity index (χ3v) is 11.2. The van der Waals surface area contributed by atoms with Crippen LogP contribution < -0.4 is 4.57 Å². The summed E-state index contributed by atoms with van der Waals surface area (Å²) in [5, 5.41) is 5.35. The Kier molecular flexibility index (Phi) is 2.98. The van der Waals surface area contributed by atoms with Crippen molar-refractivity contribution >= 4 is 43.6 Å². The van der Waals surface area contributed by atoms with Gasteiger partial charge in [0.25, 0.3) is 5.82 Å². The first kappa shape index (κ1) is 20.7. The van der Waals surface area contributed by atoms with Crippen LogP contribution in [0.3, 0.4) is 0 Å². The zero-order valence-electron chi connectivity index (χ0n) is 23.2. The van der Waals surface area contributed by atoms with Crippen LogP contribution in [0.2, 0.25) is 0 Å². The van der Waals surface area contributed by atoms with Crippen LogP contribution >= 0.6 is 0 Å². The number of fused-ring (bicyclic) bond motifs is 7. The number of pyridine rings is 1. The van der Waals surface area contributed by atoms with E-state index in [-0.39, 0.29) is 5.41 Å².